The number of sulfonamides is 1. The predicted molar refractivity (Wildman–Crippen MR) is 116 cm³/mol. The molecule has 1 atom stereocenters. The van der Waals surface area contributed by atoms with Crippen LogP contribution in [0.4, 0.5) is 0 Å². The van der Waals surface area contributed by atoms with Crippen molar-refractivity contribution in [3.8, 4) is 11.5 Å². The number of carbonyl (C=O) groups excluding carboxylic acids is 1. The molecule has 0 aliphatic carbocycles. The lowest BCUT2D eigenvalue weighted by Crippen LogP contribution is -2.39. The molecule has 2 aromatic carbocycles. The lowest BCUT2D eigenvalue weighted by molar-refractivity contribution is -0.128. The Balaban J connectivity index is 1.80. The molecule has 30 heavy (non-hydrogen) atoms. The van der Waals surface area contributed by atoms with E-state index in [1.54, 1.807) is 12.1 Å². The summed E-state index contributed by atoms with van der Waals surface area (Å²) in [5, 5.41) is 2.81. The van der Waals surface area contributed by atoms with Gasteiger partial charge in [0.1, 0.15) is 18.1 Å². The Morgan fingerprint density at radius 1 is 1.00 bits per heavy atom. The largest absolute Gasteiger partial charge is 0.492 e. The predicted octanol–water partition coefficient (Wildman–Crippen LogP) is 2.85. The number of hydrogen-bond acceptors (Lipinski definition) is 5. The fourth-order valence-corrected chi connectivity index (χ4v) is 3.57. The normalized spacial score (nSPS) is 12.4. The zero-order valence-electron chi connectivity index (χ0n) is 17.9. The van der Waals surface area contributed by atoms with E-state index in [1.807, 2.05) is 31.2 Å². The number of ether oxygens (including phenoxy) is 2. The molecule has 0 aliphatic rings. The molecule has 0 bridgehead atoms. The van der Waals surface area contributed by atoms with Crippen LogP contribution in [0.15, 0.2) is 53.4 Å². The third-order valence-electron chi connectivity index (χ3n) is 4.55. The van der Waals surface area contributed by atoms with Gasteiger partial charge in [-0.1, -0.05) is 26.0 Å². The number of nitrogens with one attached hydrogen (secondary N) is 1. The van der Waals surface area contributed by atoms with Crippen molar-refractivity contribution in [1.29, 1.82) is 0 Å². The third kappa shape index (κ3) is 6.47. The van der Waals surface area contributed by atoms with Crippen molar-refractivity contribution in [2.75, 3.05) is 27.2 Å². The molecule has 0 aromatic heterocycles. The minimum Gasteiger partial charge on any atom is -0.492 e. The monoisotopic (exact) mass is 434 g/mol. The molecule has 2 rings (SSSR count). The maximum absolute atomic E-state index is 12.4. The number of rotatable bonds is 11. The van der Waals surface area contributed by atoms with E-state index in [-0.39, 0.29) is 17.4 Å². The Kier molecular flexibility index (Phi) is 8.68. The third-order valence-corrected chi connectivity index (χ3v) is 6.37. The van der Waals surface area contributed by atoms with Gasteiger partial charge in [0.25, 0.3) is 5.91 Å². The van der Waals surface area contributed by atoms with Crippen LogP contribution in [0.3, 0.4) is 0 Å². The first-order valence-electron chi connectivity index (χ1n) is 9.96. The van der Waals surface area contributed by atoms with E-state index < -0.39 is 16.1 Å². The summed E-state index contributed by atoms with van der Waals surface area (Å²) in [6, 6.07) is 13.9. The van der Waals surface area contributed by atoms with Gasteiger partial charge in [0.05, 0.1) is 11.4 Å². The standard InChI is InChI=1S/C22H30N2O5S/c1-5-17-7-9-19(10-8-17)29-21(6-2)22(25)23-15-16-28-18-11-13-20(14-12-18)30(26,27)24(3)4/h7-14,21H,5-6,15-16H2,1-4H3,(H,23,25)/t21-/m0/s1. The van der Waals surface area contributed by atoms with Crippen molar-refractivity contribution in [1.82, 2.24) is 9.62 Å². The van der Waals surface area contributed by atoms with E-state index in [2.05, 4.69) is 12.2 Å². The van der Waals surface area contributed by atoms with Gasteiger partial charge in [-0.3, -0.25) is 4.79 Å². The van der Waals surface area contributed by atoms with Crippen molar-refractivity contribution < 1.29 is 22.7 Å². The van der Waals surface area contributed by atoms with Crippen LogP contribution >= 0.6 is 0 Å². The number of benzene rings is 2. The average Bonchev–Trinajstić information content (AvgIpc) is 2.75. The fraction of sp³-hybridized carbons (Fsp3) is 0.409. The molecule has 0 radical (unpaired) electrons. The molecular formula is C22H30N2O5S. The van der Waals surface area contributed by atoms with Crippen LogP contribution < -0.4 is 14.8 Å². The first-order valence-corrected chi connectivity index (χ1v) is 11.4. The van der Waals surface area contributed by atoms with Gasteiger partial charge in [-0.05, 0) is 54.8 Å². The van der Waals surface area contributed by atoms with Crippen molar-refractivity contribution in [3.63, 3.8) is 0 Å². The molecule has 1 N–H and O–H groups in total. The maximum atomic E-state index is 12.4. The van der Waals surface area contributed by atoms with Crippen LogP contribution in [-0.4, -0.2) is 52.0 Å². The molecule has 164 valence electrons. The Bertz CT molecular complexity index is 910. The molecule has 0 spiro atoms. The van der Waals surface area contributed by atoms with E-state index in [0.29, 0.717) is 24.5 Å². The number of hydrogen-bond donors (Lipinski definition) is 1. The molecule has 0 heterocycles. The summed E-state index contributed by atoms with van der Waals surface area (Å²) in [5.74, 6) is 0.993. The van der Waals surface area contributed by atoms with Gasteiger partial charge in [-0.2, -0.15) is 0 Å². The molecule has 8 heteroatoms. The molecule has 0 saturated carbocycles. The van der Waals surface area contributed by atoms with Crippen molar-refractivity contribution in [3.05, 3.63) is 54.1 Å². The zero-order valence-corrected chi connectivity index (χ0v) is 18.7. The summed E-state index contributed by atoms with van der Waals surface area (Å²) in [7, 11) is -0.501. The van der Waals surface area contributed by atoms with Crippen LogP contribution in [0, 0.1) is 0 Å². The van der Waals surface area contributed by atoms with Gasteiger partial charge in [-0.15, -0.1) is 0 Å². The molecule has 0 saturated heterocycles. The van der Waals surface area contributed by atoms with Crippen LogP contribution in [0.5, 0.6) is 11.5 Å². The van der Waals surface area contributed by atoms with Crippen LogP contribution in [0.25, 0.3) is 0 Å². The van der Waals surface area contributed by atoms with Gasteiger partial charge >= 0.3 is 0 Å². The van der Waals surface area contributed by atoms with Crippen LogP contribution in [0.2, 0.25) is 0 Å². The first kappa shape index (κ1) is 23.7. The lowest BCUT2D eigenvalue weighted by Gasteiger charge is -2.17. The maximum Gasteiger partial charge on any atom is 0.261 e. The summed E-state index contributed by atoms with van der Waals surface area (Å²) >= 11 is 0. The molecule has 2 aromatic rings. The van der Waals surface area contributed by atoms with Crippen molar-refractivity contribution in [2.45, 2.75) is 37.7 Å². The Labute approximate surface area is 179 Å². The van der Waals surface area contributed by atoms with E-state index in [0.717, 1.165) is 10.7 Å². The summed E-state index contributed by atoms with van der Waals surface area (Å²) in [5.41, 5.74) is 1.21. The van der Waals surface area contributed by atoms with Gasteiger partial charge in [0.15, 0.2) is 6.10 Å². The second kappa shape index (κ2) is 11.0. The van der Waals surface area contributed by atoms with Gasteiger partial charge in [0, 0.05) is 14.1 Å². The van der Waals surface area contributed by atoms with Crippen molar-refractivity contribution >= 4 is 15.9 Å². The highest BCUT2D eigenvalue weighted by molar-refractivity contribution is 7.89. The van der Waals surface area contributed by atoms with E-state index in [9.17, 15) is 13.2 Å². The summed E-state index contributed by atoms with van der Waals surface area (Å²) in [6.45, 7) is 4.54. The highest BCUT2D eigenvalue weighted by Gasteiger charge is 2.18. The summed E-state index contributed by atoms with van der Waals surface area (Å²) < 4.78 is 36.6. The molecule has 7 nitrogen and oxygen atoms in total. The van der Waals surface area contributed by atoms with Crippen LogP contribution in [0.1, 0.15) is 25.8 Å². The number of amides is 1. The number of nitrogens with zero attached hydrogens (tertiary/aromatic N) is 1. The van der Waals surface area contributed by atoms with E-state index in [1.165, 1.54) is 31.8 Å². The zero-order chi connectivity index (χ0) is 22.1. The Hall–Kier alpha value is -2.58. The smallest absolute Gasteiger partial charge is 0.261 e. The van der Waals surface area contributed by atoms with Crippen LogP contribution in [-0.2, 0) is 21.2 Å². The number of carbonyl (C=O) groups is 1. The molecule has 0 unspecified atom stereocenters. The second-order valence-corrected chi connectivity index (χ2v) is 9.06. The van der Waals surface area contributed by atoms with E-state index >= 15 is 0 Å². The average molecular weight is 435 g/mol. The molecule has 0 fully saturated rings. The fourth-order valence-electron chi connectivity index (χ4n) is 2.67. The van der Waals surface area contributed by atoms with Gasteiger partial charge in [0.2, 0.25) is 10.0 Å². The minimum atomic E-state index is -3.47. The Morgan fingerprint density at radius 3 is 2.13 bits per heavy atom. The minimum absolute atomic E-state index is 0.197. The quantitative estimate of drug-likeness (QED) is 0.550. The topological polar surface area (TPSA) is 84.9 Å². The SMILES string of the molecule is CCc1ccc(O[C@@H](CC)C(=O)NCCOc2ccc(S(=O)(=O)N(C)C)cc2)cc1. The second-order valence-electron chi connectivity index (χ2n) is 6.91. The highest BCUT2D eigenvalue weighted by atomic mass is 32.2. The summed E-state index contributed by atoms with van der Waals surface area (Å²) in [6.07, 6.45) is 0.920. The molecular weight excluding hydrogens is 404 g/mol. The molecule has 0 aliphatic heterocycles. The van der Waals surface area contributed by atoms with E-state index in [4.69, 9.17) is 9.47 Å². The van der Waals surface area contributed by atoms with Gasteiger partial charge in [-0.25, -0.2) is 12.7 Å². The summed E-state index contributed by atoms with van der Waals surface area (Å²) in [4.78, 5) is 12.6. The Morgan fingerprint density at radius 2 is 1.60 bits per heavy atom. The molecule has 1 amide bonds. The number of aryl methyl sites for hydroxylation is 1. The van der Waals surface area contributed by atoms with Gasteiger partial charge < -0.3 is 14.8 Å². The van der Waals surface area contributed by atoms with Crippen molar-refractivity contribution in [2.24, 2.45) is 0 Å². The lowest BCUT2D eigenvalue weighted by atomic mass is 10.2. The highest BCUT2D eigenvalue weighted by Crippen LogP contribution is 2.18. The first-order chi connectivity index (χ1) is 14.3.